The molecule has 70 valence electrons. The molecule has 2 nitrogen and oxygen atoms in total. The second kappa shape index (κ2) is 6.05. The van der Waals surface area contributed by atoms with Crippen molar-refractivity contribution in [3.63, 3.8) is 0 Å². The van der Waals surface area contributed by atoms with Gasteiger partial charge in [-0.3, -0.25) is 4.90 Å². The molecule has 0 radical (unpaired) electrons. The lowest BCUT2D eigenvalue weighted by Gasteiger charge is -2.23. The highest BCUT2D eigenvalue weighted by molar-refractivity contribution is 4.88. The summed E-state index contributed by atoms with van der Waals surface area (Å²) in [5.41, 5.74) is 5.95. The van der Waals surface area contributed by atoms with Crippen molar-refractivity contribution in [2.45, 2.75) is 26.3 Å². The smallest absolute Gasteiger partial charge is 0.0596 e. The maximum Gasteiger partial charge on any atom is 0.0596 e. The summed E-state index contributed by atoms with van der Waals surface area (Å²) in [6, 6.07) is 0.244. The normalized spacial score (nSPS) is 15.7. The quantitative estimate of drug-likeness (QED) is 0.619. The predicted octanol–water partition coefficient (Wildman–Crippen LogP) is 0.925. The fraction of sp³-hybridized carbons (Fsp3) is 0.800. The Morgan fingerprint density at radius 2 is 2.17 bits per heavy atom. The monoisotopic (exact) mass is 168 g/mol. The molecule has 0 saturated carbocycles. The van der Waals surface area contributed by atoms with Gasteiger partial charge in [0.15, 0.2) is 0 Å². The highest BCUT2D eigenvalue weighted by Gasteiger charge is 2.11. The van der Waals surface area contributed by atoms with Crippen LogP contribution >= 0.6 is 0 Å². The maximum atomic E-state index is 5.95. The molecule has 12 heavy (non-hydrogen) atoms. The second-order valence-electron chi connectivity index (χ2n) is 3.45. The fourth-order valence-electron chi connectivity index (χ4n) is 1.06. The van der Waals surface area contributed by atoms with Gasteiger partial charge in [-0.25, -0.2) is 0 Å². The van der Waals surface area contributed by atoms with Gasteiger partial charge in [0, 0.05) is 12.6 Å². The Labute approximate surface area is 76.1 Å². The topological polar surface area (TPSA) is 29.3 Å². The molecule has 0 aromatic carbocycles. The van der Waals surface area contributed by atoms with Crippen LogP contribution in [0.15, 0.2) is 0 Å². The highest BCUT2D eigenvalue weighted by Crippen LogP contribution is 2.05. The third kappa shape index (κ3) is 4.38. The predicted molar refractivity (Wildman–Crippen MR) is 53.8 cm³/mol. The molecule has 0 fully saturated rings. The Morgan fingerprint density at radius 3 is 2.58 bits per heavy atom. The molecule has 0 aliphatic heterocycles. The molecule has 0 bridgehead atoms. The van der Waals surface area contributed by atoms with Crippen LogP contribution in [0.1, 0.15) is 20.3 Å². The summed E-state index contributed by atoms with van der Waals surface area (Å²) in [6.45, 7) is 5.91. The zero-order valence-electron chi connectivity index (χ0n) is 8.38. The van der Waals surface area contributed by atoms with Gasteiger partial charge >= 0.3 is 0 Å². The first-order valence-corrected chi connectivity index (χ1v) is 4.49. The van der Waals surface area contributed by atoms with E-state index in [1.165, 1.54) is 0 Å². The first kappa shape index (κ1) is 11.5. The SMILES string of the molecule is C#CCN(C)CC(N)C(C)CC. The molecule has 0 aromatic heterocycles. The van der Waals surface area contributed by atoms with Gasteiger partial charge in [-0.2, -0.15) is 0 Å². The van der Waals surface area contributed by atoms with E-state index in [2.05, 4.69) is 24.7 Å². The van der Waals surface area contributed by atoms with Gasteiger partial charge in [0.2, 0.25) is 0 Å². The van der Waals surface area contributed by atoms with Crippen LogP contribution in [0.5, 0.6) is 0 Å². The Bertz CT molecular complexity index is 148. The van der Waals surface area contributed by atoms with Crippen LogP contribution in [0.2, 0.25) is 0 Å². The first-order valence-electron chi connectivity index (χ1n) is 4.49. The first-order chi connectivity index (χ1) is 5.61. The Morgan fingerprint density at radius 1 is 1.58 bits per heavy atom. The van der Waals surface area contributed by atoms with Crippen molar-refractivity contribution in [1.82, 2.24) is 4.90 Å². The van der Waals surface area contributed by atoms with E-state index in [0.717, 1.165) is 13.0 Å². The van der Waals surface area contributed by atoms with Crippen molar-refractivity contribution < 1.29 is 0 Å². The number of nitrogens with zero attached hydrogens (tertiary/aromatic N) is 1. The maximum absolute atomic E-state index is 5.95. The van der Waals surface area contributed by atoms with Crippen LogP contribution < -0.4 is 5.73 Å². The number of likely N-dealkylation sites (N-methyl/N-ethyl adjacent to an activating group) is 1. The number of terminal acetylenes is 1. The molecule has 0 saturated heterocycles. The average molecular weight is 168 g/mol. The summed E-state index contributed by atoms with van der Waals surface area (Å²) in [6.07, 6.45) is 6.31. The van der Waals surface area contributed by atoms with Crippen LogP contribution in [-0.2, 0) is 0 Å². The van der Waals surface area contributed by atoms with Crippen molar-refractivity contribution >= 4 is 0 Å². The van der Waals surface area contributed by atoms with Gasteiger partial charge in [0.25, 0.3) is 0 Å². The molecule has 2 unspecified atom stereocenters. The summed E-state index contributed by atoms with van der Waals surface area (Å²) in [5, 5.41) is 0. The number of rotatable bonds is 5. The van der Waals surface area contributed by atoms with E-state index >= 15 is 0 Å². The van der Waals surface area contributed by atoms with Crippen LogP contribution in [0.25, 0.3) is 0 Å². The van der Waals surface area contributed by atoms with Crippen molar-refractivity contribution in [2.75, 3.05) is 20.1 Å². The van der Waals surface area contributed by atoms with Gasteiger partial charge in [-0.05, 0) is 13.0 Å². The van der Waals surface area contributed by atoms with E-state index in [-0.39, 0.29) is 6.04 Å². The van der Waals surface area contributed by atoms with E-state index in [1.54, 1.807) is 0 Å². The molecule has 2 atom stereocenters. The van der Waals surface area contributed by atoms with Gasteiger partial charge in [-0.1, -0.05) is 26.2 Å². The van der Waals surface area contributed by atoms with Crippen molar-refractivity contribution in [2.24, 2.45) is 11.7 Å². The fourth-order valence-corrected chi connectivity index (χ4v) is 1.06. The van der Waals surface area contributed by atoms with E-state index in [4.69, 9.17) is 12.2 Å². The zero-order chi connectivity index (χ0) is 9.56. The van der Waals surface area contributed by atoms with Crippen molar-refractivity contribution in [1.29, 1.82) is 0 Å². The van der Waals surface area contributed by atoms with Crippen LogP contribution in [0.3, 0.4) is 0 Å². The molecule has 0 aromatic rings. The summed E-state index contributed by atoms with van der Waals surface area (Å²) in [5.74, 6) is 3.17. The van der Waals surface area contributed by atoms with Crippen molar-refractivity contribution in [3.8, 4) is 12.3 Å². The summed E-state index contributed by atoms with van der Waals surface area (Å²) in [7, 11) is 2.00. The Balaban J connectivity index is 3.68. The molecule has 0 aliphatic carbocycles. The van der Waals surface area contributed by atoms with Gasteiger partial charge < -0.3 is 5.73 Å². The third-order valence-electron chi connectivity index (χ3n) is 2.26. The molecular formula is C10H20N2. The second-order valence-corrected chi connectivity index (χ2v) is 3.45. The summed E-state index contributed by atoms with van der Waals surface area (Å²) < 4.78 is 0. The molecule has 0 rings (SSSR count). The minimum atomic E-state index is 0.244. The van der Waals surface area contributed by atoms with E-state index in [0.29, 0.717) is 12.5 Å². The lowest BCUT2D eigenvalue weighted by Crippen LogP contribution is -2.39. The van der Waals surface area contributed by atoms with Gasteiger partial charge in [-0.15, -0.1) is 6.42 Å². The molecule has 2 heteroatoms. The lowest BCUT2D eigenvalue weighted by atomic mass is 10.00. The number of hydrogen-bond donors (Lipinski definition) is 1. The molecule has 0 spiro atoms. The summed E-state index contributed by atoms with van der Waals surface area (Å²) in [4.78, 5) is 2.08. The van der Waals surface area contributed by atoms with Crippen LogP contribution in [0.4, 0.5) is 0 Å². The van der Waals surface area contributed by atoms with Gasteiger partial charge in [0.1, 0.15) is 0 Å². The van der Waals surface area contributed by atoms with E-state index < -0.39 is 0 Å². The van der Waals surface area contributed by atoms with Crippen LogP contribution in [-0.4, -0.2) is 31.1 Å². The van der Waals surface area contributed by atoms with Gasteiger partial charge in [0.05, 0.1) is 6.54 Å². The van der Waals surface area contributed by atoms with E-state index in [9.17, 15) is 0 Å². The lowest BCUT2D eigenvalue weighted by molar-refractivity contribution is 0.298. The minimum Gasteiger partial charge on any atom is -0.326 e. The number of hydrogen-bond acceptors (Lipinski definition) is 2. The molecule has 0 amide bonds. The highest BCUT2D eigenvalue weighted by atomic mass is 15.1. The average Bonchev–Trinajstić information content (AvgIpc) is 2.03. The Hall–Kier alpha value is -0.520. The number of nitrogens with two attached hydrogens (primary N) is 1. The zero-order valence-corrected chi connectivity index (χ0v) is 8.38. The molecule has 0 aliphatic rings. The molecular weight excluding hydrogens is 148 g/mol. The standard InChI is InChI=1S/C10H20N2/c1-5-7-12(4)8-10(11)9(3)6-2/h1,9-10H,6-8,11H2,2-4H3. The van der Waals surface area contributed by atoms with Crippen LogP contribution in [0, 0.1) is 18.3 Å². The Kier molecular flexibility index (Phi) is 5.79. The summed E-state index contributed by atoms with van der Waals surface area (Å²) >= 11 is 0. The molecule has 2 N–H and O–H groups in total. The van der Waals surface area contributed by atoms with E-state index in [1.807, 2.05) is 7.05 Å². The van der Waals surface area contributed by atoms with Crippen molar-refractivity contribution in [3.05, 3.63) is 0 Å². The minimum absolute atomic E-state index is 0.244. The third-order valence-corrected chi connectivity index (χ3v) is 2.26. The molecule has 0 heterocycles. The largest absolute Gasteiger partial charge is 0.326 e.